The van der Waals surface area contributed by atoms with E-state index in [1.807, 2.05) is 0 Å². The largest absolute Gasteiger partial charge is 0.493 e. The zero-order valence-corrected chi connectivity index (χ0v) is 21.2. The summed E-state index contributed by atoms with van der Waals surface area (Å²) < 4.78 is 22.6. The Morgan fingerprint density at radius 2 is 1.61 bits per heavy atom. The number of fused-ring (bicyclic) bond motifs is 5. The first kappa shape index (κ1) is 25.6. The molecule has 186 valence electrons. The first-order valence-electron chi connectivity index (χ1n) is 12.3. The van der Waals surface area contributed by atoms with Crippen LogP contribution in [0.2, 0.25) is 0 Å². The first-order valence-corrected chi connectivity index (χ1v) is 12.3. The molecule has 0 N–H and O–H groups in total. The average molecular weight is 463 g/mol. The summed E-state index contributed by atoms with van der Waals surface area (Å²) in [7, 11) is 3.14. The smallest absolute Gasteiger partial charge is 0.338 e. The number of ether oxygens (including phenoxy) is 4. The maximum absolute atomic E-state index is 12.7. The minimum Gasteiger partial charge on any atom is -0.493 e. The van der Waals surface area contributed by atoms with Crippen LogP contribution in [0.25, 0.3) is 0 Å². The van der Waals surface area contributed by atoms with E-state index in [1.54, 1.807) is 26.4 Å². The lowest BCUT2D eigenvalue weighted by Crippen LogP contribution is -2.37. The molecule has 33 heavy (non-hydrogen) atoms. The quantitative estimate of drug-likeness (QED) is 0.614. The zero-order valence-electron chi connectivity index (χ0n) is 21.2. The summed E-state index contributed by atoms with van der Waals surface area (Å²) in [4.78, 5) is 17.9. The molecule has 0 spiro atoms. The third-order valence-corrected chi connectivity index (χ3v) is 6.61. The Balaban J connectivity index is 1.76. The van der Waals surface area contributed by atoms with Crippen molar-refractivity contribution < 1.29 is 23.7 Å². The van der Waals surface area contributed by atoms with Crippen molar-refractivity contribution in [2.75, 3.05) is 66.7 Å². The Hall–Kier alpha value is -1.99. The standard InChI is InChI=1S/C26H42N2O5/c1-20-8-6-14-32-23-17-21(16-22(30-4)24(23)31-5)25(29)33-15-7-10-27-12-13-28(11-9-20)19-26(2,3)18-27/h16-17,20H,6-15,18-19H2,1-5H3/t20-/m0/s1. The molecule has 1 aromatic carbocycles. The third-order valence-electron chi connectivity index (χ3n) is 6.61. The van der Waals surface area contributed by atoms with E-state index < -0.39 is 0 Å². The van der Waals surface area contributed by atoms with Crippen molar-refractivity contribution in [3.05, 3.63) is 17.7 Å². The molecule has 2 heterocycles. The fraction of sp³-hybridized carbons (Fsp3) is 0.731. The van der Waals surface area contributed by atoms with Crippen molar-refractivity contribution in [1.82, 2.24) is 9.80 Å². The van der Waals surface area contributed by atoms with E-state index in [1.165, 1.54) is 6.42 Å². The van der Waals surface area contributed by atoms with Gasteiger partial charge in [-0.15, -0.1) is 0 Å². The van der Waals surface area contributed by atoms with Crippen LogP contribution < -0.4 is 14.2 Å². The lowest BCUT2D eigenvalue weighted by molar-refractivity contribution is 0.0483. The number of cyclic esters (lactones) is 1. The lowest BCUT2D eigenvalue weighted by atomic mass is 9.92. The predicted octanol–water partition coefficient (Wildman–Crippen LogP) is 4.09. The van der Waals surface area contributed by atoms with E-state index in [9.17, 15) is 4.79 Å². The Morgan fingerprint density at radius 1 is 0.909 bits per heavy atom. The number of methoxy groups -OCH3 is 2. The molecule has 4 bridgehead atoms. The Morgan fingerprint density at radius 3 is 2.30 bits per heavy atom. The second-order valence-corrected chi connectivity index (χ2v) is 10.3. The topological polar surface area (TPSA) is 60.5 Å². The number of hydrogen-bond donors (Lipinski definition) is 0. The van der Waals surface area contributed by atoms with E-state index >= 15 is 0 Å². The SMILES string of the molecule is COc1cc2cc(c1OC)OCCC[C@H](C)CCN1CCN(CCCOC2=O)CC(C)(C)C1. The van der Waals surface area contributed by atoms with E-state index in [4.69, 9.17) is 18.9 Å². The highest BCUT2D eigenvalue weighted by Gasteiger charge is 2.28. The molecule has 0 saturated carbocycles. The molecular formula is C26H42N2O5. The minimum absolute atomic E-state index is 0.251. The van der Waals surface area contributed by atoms with Crippen molar-refractivity contribution in [3.8, 4) is 17.2 Å². The van der Waals surface area contributed by atoms with Gasteiger partial charge < -0.3 is 28.7 Å². The highest BCUT2D eigenvalue weighted by Crippen LogP contribution is 2.39. The molecule has 0 radical (unpaired) electrons. The molecule has 3 rings (SSSR count). The van der Waals surface area contributed by atoms with Gasteiger partial charge in [-0.25, -0.2) is 4.79 Å². The Labute approximate surface area is 199 Å². The van der Waals surface area contributed by atoms with Gasteiger partial charge in [0.2, 0.25) is 5.75 Å². The van der Waals surface area contributed by atoms with Gasteiger partial charge in [0.25, 0.3) is 0 Å². The molecule has 1 aromatic rings. The van der Waals surface area contributed by atoms with Crippen LogP contribution in [0, 0.1) is 11.3 Å². The number of carbonyl (C=O) groups is 1. The fourth-order valence-electron chi connectivity index (χ4n) is 4.94. The van der Waals surface area contributed by atoms with Gasteiger partial charge in [0.05, 0.1) is 33.0 Å². The maximum atomic E-state index is 12.7. The monoisotopic (exact) mass is 462 g/mol. The van der Waals surface area contributed by atoms with Gasteiger partial charge in [-0.1, -0.05) is 20.8 Å². The van der Waals surface area contributed by atoms with Gasteiger partial charge in [0.1, 0.15) is 0 Å². The second-order valence-electron chi connectivity index (χ2n) is 10.3. The molecular weight excluding hydrogens is 420 g/mol. The van der Waals surface area contributed by atoms with E-state index in [0.717, 1.165) is 58.5 Å². The molecule has 0 amide bonds. The lowest BCUT2D eigenvalue weighted by Gasteiger charge is -2.31. The summed E-state index contributed by atoms with van der Waals surface area (Å²) in [6.07, 6.45) is 4.06. The molecule has 7 nitrogen and oxygen atoms in total. The Kier molecular flexibility index (Phi) is 9.27. The van der Waals surface area contributed by atoms with Crippen LogP contribution in [-0.2, 0) is 4.74 Å². The highest BCUT2D eigenvalue weighted by atomic mass is 16.5. The predicted molar refractivity (Wildman–Crippen MR) is 130 cm³/mol. The van der Waals surface area contributed by atoms with E-state index in [0.29, 0.717) is 41.9 Å². The molecule has 3 atom stereocenters. The molecule has 2 unspecified atom stereocenters. The summed E-state index contributed by atoms with van der Waals surface area (Å²) in [6, 6.07) is 3.36. The van der Waals surface area contributed by atoms with Crippen molar-refractivity contribution in [2.45, 2.75) is 46.5 Å². The van der Waals surface area contributed by atoms with Crippen LogP contribution in [0.4, 0.5) is 0 Å². The summed E-state index contributed by atoms with van der Waals surface area (Å²) in [5, 5.41) is 0. The molecule has 7 heteroatoms. The van der Waals surface area contributed by atoms with Crippen LogP contribution in [0.1, 0.15) is 56.8 Å². The Bertz CT molecular complexity index is 782. The van der Waals surface area contributed by atoms with Gasteiger partial charge >= 0.3 is 5.97 Å². The first-order chi connectivity index (χ1) is 15.8. The van der Waals surface area contributed by atoms with Crippen LogP contribution in [0.15, 0.2) is 12.1 Å². The van der Waals surface area contributed by atoms with Crippen molar-refractivity contribution in [3.63, 3.8) is 0 Å². The van der Waals surface area contributed by atoms with Crippen molar-refractivity contribution in [1.29, 1.82) is 0 Å². The van der Waals surface area contributed by atoms with Crippen LogP contribution in [0.3, 0.4) is 0 Å². The van der Waals surface area contributed by atoms with Gasteiger partial charge in [-0.05, 0) is 55.7 Å². The van der Waals surface area contributed by atoms with Gasteiger partial charge in [-0.3, -0.25) is 0 Å². The summed E-state index contributed by atoms with van der Waals surface area (Å²) in [5.74, 6) is 1.76. The molecule has 2 aliphatic rings. The van der Waals surface area contributed by atoms with Crippen LogP contribution in [-0.4, -0.2) is 82.5 Å². The van der Waals surface area contributed by atoms with Crippen molar-refractivity contribution >= 4 is 5.97 Å². The number of esters is 1. The number of benzene rings is 1. The molecule has 2 aliphatic heterocycles. The van der Waals surface area contributed by atoms with Crippen LogP contribution >= 0.6 is 0 Å². The summed E-state index contributed by atoms with van der Waals surface area (Å²) in [6.45, 7) is 14.5. The fourth-order valence-corrected chi connectivity index (χ4v) is 4.94. The molecule has 1 saturated heterocycles. The maximum Gasteiger partial charge on any atom is 0.338 e. The third kappa shape index (κ3) is 7.51. The summed E-state index contributed by atoms with van der Waals surface area (Å²) >= 11 is 0. The second kappa shape index (κ2) is 11.9. The molecule has 0 aliphatic carbocycles. The molecule has 1 fully saturated rings. The number of rotatable bonds is 2. The summed E-state index contributed by atoms with van der Waals surface area (Å²) in [5.41, 5.74) is 0.668. The van der Waals surface area contributed by atoms with Gasteiger partial charge in [-0.2, -0.15) is 0 Å². The van der Waals surface area contributed by atoms with Crippen molar-refractivity contribution in [2.24, 2.45) is 11.3 Å². The normalized spacial score (nSPS) is 27.2. The van der Waals surface area contributed by atoms with E-state index in [2.05, 4.69) is 30.6 Å². The average Bonchev–Trinajstić information content (AvgIpc) is 2.93. The number of carbonyl (C=O) groups excluding carboxylic acids is 1. The molecule has 0 aromatic heterocycles. The minimum atomic E-state index is -0.366. The van der Waals surface area contributed by atoms with Gasteiger partial charge in [0.15, 0.2) is 11.5 Å². The number of nitrogens with zero attached hydrogens (tertiary/aromatic N) is 2. The van der Waals surface area contributed by atoms with Gasteiger partial charge in [0, 0.05) is 32.7 Å². The highest BCUT2D eigenvalue weighted by molar-refractivity contribution is 5.91. The van der Waals surface area contributed by atoms with E-state index in [-0.39, 0.29) is 11.4 Å². The van der Waals surface area contributed by atoms with Crippen LogP contribution in [0.5, 0.6) is 17.2 Å². The zero-order chi connectivity index (χ0) is 23.8. The number of hydrogen-bond acceptors (Lipinski definition) is 7.